The molecule has 0 saturated carbocycles. The van der Waals surface area contributed by atoms with E-state index >= 15 is 0 Å². The largest absolute Gasteiger partial charge is 0.397 e. The molecule has 3 N–H and O–H groups in total. The number of nitrogens with zero attached hydrogens (tertiary/aromatic N) is 2. The van der Waals surface area contributed by atoms with Crippen molar-refractivity contribution in [1.82, 2.24) is 9.36 Å². The van der Waals surface area contributed by atoms with Gasteiger partial charge in [0, 0.05) is 17.2 Å². The van der Waals surface area contributed by atoms with E-state index < -0.39 is 0 Å². The highest BCUT2D eigenvalue weighted by Gasteiger charge is 2.07. The molecule has 21 heavy (non-hydrogen) atoms. The number of thioether (sulfide) groups is 1. The van der Waals surface area contributed by atoms with Crippen molar-refractivity contribution in [3.8, 4) is 0 Å². The molecule has 5 nitrogen and oxygen atoms in total. The van der Waals surface area contributed by atoms with Crippen molar-refractivity contribution < 1.29 is 4.79 Å². The number of aryl methyl sites for hydroxylation is 1. The lowest BCUT2D eigenvalue weighted by atomic mass is 10.2. The van der Waals surface area contributed by atoms with Crippen LogP contribution in [0.15, 0.2) is 22.5 Å². The second-order valence-corrected chi connectivity index (χ2v) is 6.87. The molecule has 0 unspecified atom stereocenters. The Kier molecular flexibility index (Phi) is 5.84. The predicted octanol–water partition coefficient (Wildman–Crippen LogP) is 3.59. The van der Waals surface area contributed by atoms with Crippen LogP contribution in [-0.2, 0) is 4.79 Å². The molecule has 1 amide bonds. The second kappa shape index (κ2) is 7.63. The molecule has 112 valence electrons. The Hall–Kier alpha value is -1.31. The fourth-order valence-corrected chi connectivity index (χ4v) is 3.41. The van der Waals surface area contributed by atoms with Crippen molar-refractivity contribution in [1.29, 1.82) is 0 Å². The summed E-state index contributed by atoms with van der Waals surface area (Å²) in [6, 6.07) is 5.01. The SMILES string of the molecule is Cc1nsc(SCCCC(=O)Nc2cc(Cl)ccc2N)n1. The van der Waals surface area contributed by atoms with E-state index in [-0.39, 0.29) is 5.91 Å². The quantitative estimate of drug-likeness (QED) is 0.476. The molecule has 1 aromatic carbocycles. The van der Waals surface area contributed by atoms with Gasteiger partial charge in [0.05, 0.1) is 11.4 Å². The van der Waals surface area contributed by atoms with Gasteiger partial charge in [0.2, 0.25) is 5.91 Å². The molecule has 0 aliphatic carbocycles. The number of hydrogen-bond donors (Lipinski definition) is 2. The molecule has 0 bridgehead atoms. The number of halogens is 1. The molecular formula is C13H15ClN4OS2. The van der Waals surface area contributed by atoms with Crippen LogP contribution in [0.25, 0.3) is 0 Å². The summed E-state index contributed by atoms with van der Waals surface area (Å²) in [6.07, 6.45) is 1.19. The van der Waals surface area contributed by atoms with Gasteiger partial charge in [-0.1, -0.05) is 23.4 Å². The Morgan fingerprint density at radius 2 is 2.33 bits per heavy atom. The molecule has 2 rings (SSSR count). The van der Waals surface area contributed by atoms with Crippen molar-refractivity contribution in [2.24, 2.45) is 0 Å². The average Bonchev–Trinajstić information content (AvgIpc) is 2.85. The fraction of sp³-hybridized carbons (Fsp3) is 0.308. The van der Waals surface area contributed by atoms with Gasteiger partial charge in [0.1, 0.15) is 5.82 Å². The van der Waals surface area contributed by atoms with E-state index in [4.69, 9.17) is 17.3 Å². The molecule has 1 aromatic heterocycles. The first-order valence-corrected chi connectivity index (χ1v) is 8.46. The van der Waals surface area contributed by atoms with Crippen LogP contribution in [0.1, 0.15) is 18.7 Å². The predicted molar refractivity (Wildman–Crippen MR) is 89.1 cm³/mol. The van der Waals surface area contributed by atoms with E-state index in [0.717, 1.165) is 22.3 Å². The maximum absolute atomic E-state index is 11.8. The van der Waals surface area contributed by atoms with Gasteiger partial charge in [-0.15, -0.1) is 0 Å². The van der Waals surface area contributed by atoms with Crippen molar-refractivity contribution >= 4 is 52.2 Å². The Balaban J connectivity index is 1.73. The van der Waals surface area contributed by atoms with Crippen molar-refractivity contribution in [2.45, 2.75) is 24.1 Å². The molecule has 0 aliphatic rings. The third kappa shape index (κ3) is 5.18. The first kappa shape index (κ1) is 16.1. The van der Waals surface area contributed by atoms with Gasteiger partial charge in [-0.05, 0) is 43.1 Å². The first-order valence-electron chi connectivity index (χ1n) is 6.32. The number of rotatable bonds is 6. The minimum atomic E-state index is -0.0713. The van der Waals surface area contributed by atoms with E-state index in [1.165, 1.54) is 11.5 Å². The average molecular weight is 343 g/mol. The summed E-state index contributed by atoms with van der Waals surface area (Å²) >= 11 is 8.87. The lowest BCUT2D eigenvalue weighted by Crippen LogP contribution is -2.12. The Morgan fingerprint density at radius 3 is 3.05 bits per heavy atom. The Labute approximate surface area is 136 Å². The van der Waals surface area contributed by atoms with Gasteiger partial charge >= 0.3 is 0 Å². The number of aromatic nitrogens is 2. The maximum Gasteiger partial charge on any atom is 0.224 e. The zero-order valence-corrected chi connectivity index (χ0v) is 13.8. The first-order chi connectivity index (χ1) is 10.0. The lowest BCUT2D eigenvalue weighted by Gasteiger charge is -2.08. The van der Waals surface area contributed by atoms with Crippen molar-refractivity contribution in [3.63, 3.8) is 0 Å². The molecule has 8 heteroatoms. The van der Waals surface area contributed by atoms with Gasteiger partial charge in [0.25, 0.3) is 0 Å². The molecule has 2 aromatic rings. The number of nitrogens with one attached hydrogen (secondary N) is 1. The Bertz CT molecular complexity index is 632. The molecule has 1 heterocycles. The molecule has 0 radical (unpaired) electrons. The summed E-state index contributed by atoms with van der Waals surface area (Å²) in [6.45, 7) is 1.86. The van der Waals surface area contributed by atoms with Crippen LogP contribution in [0.5, 0.6) is 0 Å². The summed E-state index contributed by atoms with van der Waals surface area (Å²) in [5.74, 6) is 1.54. The van der Waals surface area contributed by atoms with Crippen molar-refractivity contribution in [3.05, 3.63) is 29.0 Å². The van der Waals surface area contributed by atoms with Gasteiger partial charge in [0.15, 0.2) is 4.34 Å². The smallest absolute Gasteiger partial charge is 0.224 e. The van der Waals surface area contributed by atoms with Crippen LogP contribution in [0, 0.1) is 6.92 Å². The summed E-state index contributed by atoms with van der Waals surface area (Å²) in [5, 5.41) is 3.31. The van der Waals surface area contributed by atoms with Crippen molar-refractivity contribution in [2.75, 3.05) is 16.8 Å². The summed E-state index contributed by atoms with van der Waals surface area (Å²) < 4.78 is 5.05. The minimum Gasteiger partial charge on any atom is -0.397 e. The van der Waals surface area contributed by atoms with E-state index in [2.05, 4.69) is 14.7 Å². The number of carbonyl (C=O) groups is 1. The second-order valence-electron chi connectivity index (χ2n) is 4.34. The number of anilines is 2. The molecule has 0 aliphatic heterocycles. The van der Waals surface area contributed by atoms with E-state index in [1.807, 2.05) is 6.92 Å². The highest BCUT2D eigenvalue weighted by atomic mass is 35.5. The Morgan fingerprint density at radius 1 is 1.52 bits per heavy atom. The molecular weight excluding hydrogens is 328 g/mol. The van der Waals surface area contributed by atoms with E-state index in [0.29, 0.717) is 22.8 Å². The van der Waals surface area contributed by atoms with Crippen LogP contribution >= 0.6 is 34.9 Å². The molecule has 0 atom stereocenters. The van der Waals surface area contributed by atoms with Crippen LogP contribution in [-0.4, -0.2) is 21.0 Å². The van der Waals surface area contributed by atoms with E-state index in [1.54, 1.807) is 30.0 Å². The van der Waals surface area contributed by atoms with Crippen LogP contribution in [0.3, 0.4) is 0 Å². The topological polar surface area (TPSA) is 80.9 Å². The summed E-state index contributed by atoms with van der Waals surface area (Å²) in [4.78, 5) is 16.1. The maximum atomic E-state index is 11.8. The standard InChI is InChI=1S/C13H15ClN4OS2/c1-8-16-13(21-18-8)20-6-2-3-12(19)17-11-7-9(14)4-5-10(11)15/h4-5,7H,2-3,6,15H2,1H3,(H,17,19). The summed E-state index contributed by atoms with van der Waals surface area (Å²) in [5.41, 5.74) is 6.84. The molecule has 0 spiro atoms. The zero-order chi connectivity index (χ0) is 15.2. The monoisotopic (exact) mass is 342 g/mol. The normalized spacial score (nSPS) is 10.6. The number of nitrogen functional groups attached to an aromatic ring is 1. The van der Waals surface area contributed by atoms with Crippen LogP contribution in [0.4, 0.5) is 11.4 Å². The summed E-state index contributed by atoms with van der Waals surface area (Å²) in [7, 11) is 0. The highest BCUT2D eigenvalue weighted by Crippen LogP contribution is 2.24. The number of hydrogen-bond acceptors (Lipinski definition) is 6. The van der Waals surface area contributed by atoms with Gasteiger partial charge in [-0.2, -0.15) is 4.37 Å². The van der Waals surface area contributed by atoms with Crippen LogP contribution in [0.2, 0.25) is 5.02 Å². The van der Waals surface area contributed by atoms with Gasteiger partial charge in [-0.25, -0.2) is 4.98 Å². The lowest BCUT2D eigenvalue weighted by molar-refractivity contribution is -0.116. The number of nitrogens with two attached hydrogens (primary N) is 1. The third-order valence-corrected chi connectivity index (χ3v) is 4.82. The van der Waals surface area contributed by atoms with E-state index in [9.17, 15) is 4.79 Å². The number of amides is 1. The van der Waals surface area contributed by atoms with Gasteiger partial charge in [-0.3, -0.25) is 4.79 Å². The van der Waals surface area contributed by atoms with Crippen LogP contribution < -0.4 is 11.1 Å². The third-order valence-electron chi connectivity index (χ3n) is 2.57. The zero-order valence-electron chi connectivity index (χ0n) is 11.4. The highest BCUT2D eigenvalue weighted by molar-refractivity contribution is 8.00. The van der Waals surface area contributed by atoms with Gasteiger partial charge < -0.3 is 11.1 Å². The molecule has 0 saturated heterocycles. The molecule has 0 fully saturated rings. The fourth-order valence-electron chi connectivity index (χ4n) is 1.58. The number of benzene rings is 1. The number of carbonyl (C=O) groups excluding carboxylic acids is 1. The minimum absolute atomic E-state index is 0.0713.